The van der Waals surface area contributed by atoms with E-state index in [1.165, 1.54) is 0 Å². The number of carbonyl (C=O) groups is 1. The summed E-state index contributed by atoms with van der Waals surface area (Å²) in [6, 6.07) is 0. The van der Waals surface area contributed by atoms with Crippen molar-refractivity contribution >= 4 is 15.7 Å². The maximum absolute atomic E-state index is 11.0. The molecule has 0 saturated carbocycles. The van der Waals surface area contributed by atoms with Gasteiger partial charge in [0.1, 0.15) is 0 Å². The second kappa shape index (κ2) is 6.16. The first-order chi connectivity index (χ1) is 5.22. The van der Waals surface area contributed by atoms with Crippen molar-refractivity contribution < 1.29 is 9.22 Å². The minimum atomic E-state index is -0.590. The van der Waals surface area contributed by atoms with Crippen LogP contribution >= 0.6 is 0 Å². The van der Waals surface area contributed by atoms with Crippen LogP contribution in [0.15, 0.2) is 11.6 Å². The van der Waals surface area contributed by atoms with Gasteiger partial charge in [0.25, 0.3) is 0 Å². The van der Waals surface area contributed by atoms with E-state index in [1.54, 1.807) is 0 Å². The highest BCUT2D eigenvalue weighted by atomic mass is 28.2. The molecule has 0 unspecified atom stereocenters. The molecule has 0 fully saturated rings. The van der Waals surface area contributed by atoms with Gasteiger partial charge < -0.3 is 4.43 Å². The largest absolute Gasteiger partial charge is 0.522 e. The number of carbonyl (C=O) groups excluding carboxylic acids is 1. The molecule has 0 aliphatic heterocycles. The van der Waals surface area contributed by atoms with Gasteiger partial charge in [-0.1, -0.05) is 19.4 Å². The van der Waals surface area contributed by atoms with Crippen LogP contribution in [0.4, 0.5) is 0 Å². The Morgan fingerprint density at radius 3 is 2.73 bits per heavy atom. The monoisotopic (exact) mass is 172 g/mol. The Morgan fingerprint density at radius 1 is 1.64 bits per heavy atom. The fraction of sp³-hybridized carbons (Fsp3) is 0.625. The van der Waals surface area contributed by atoms with Gasteiger partial charge in [0, 0.05) is 5.57 Å². The van der Waals surface area contributed by atoms with Gasteiger partial charge in [0.15, 0.2) is 0 Å². The average molecular weight is 172 g/mol. The molecule has 0 aromatic carbocycles. The zero-order chi connectivity index (χ0) is 8.69. The molecule has 0 aliphatic rings. The molecular formula is C8H16O2Si. The Morgan fingerprint density at radius 2 is 2.27 bits per heavy atom. The summed E-state index contributed by atoms with van der Waals surface area (Å²) in [6.07, 6.45) is 3.98. The molecule has 2 nitrogen and oxygen atoms in total. The second-order valence-electron chi connectivity index (χ2n) is 2.40. The topological polar surface area (TPSA) is 26.3 Å². The maximum Gasteiger partial charge on any atom is 0.319 e. The smallest absolute Gasteiger partial charge is 0.319 e. The molecule has 0 bridgehead atoms. The molecule has 11 heavy (non-hydrogen) atoms. The molecule has 0 rings (SSSR count). The molecule has 0 atom stereocenters. The zero-order valence-electron chi connectivity index (χ0n) is 7.52. The molecular weight excluding hydrogens is 156 g/mol. The molecule has 0 heterocycles. The van der Waals surface area contributed by atoms with Gasteiger partial charge in [-0.15, -0.1) is 0 Å². The van der Waals surface area contributed by atoms with E-state index in [9.17, 15) is 4.79 Å². The third kappa shape index (κ3) is 4.78. The fourth-order valence-corrected chi connectivity index (χ4v) is 1.18. The molecule has 0 aromatic rings. The minimum Gasteiger partial charge on any atom is -0.522 e. The van der Waals surface area contributed by atoms with Crippen LogP contribution in [0.5, 0.6) is 0 Å². The molecule has 0 aliphatic carbocycles. The van der Waals surface area contributed by atoms with Gasteiger partial charge >= 0.3 is 5.97 Å². The lowest BCUT2D eigenvalue weighted by Crippen LogP contribution is -2.06. The summed E-state index contributed by atoms with van der Waals surface area (Å²) in [5, 5.41) is 0. The van der Waals surface area contributed by atoms with Crippen LogP contribution in [0.25, 0.3) is 0 Å². The first kappa shape index (κ1) is 10.4. The summed E-state index contributed by atoms with van der Waals surface area (Å²) in [5.41, 5.74) is 0.751. The van der Waals surface area contributed by atoms with E-state index in [1.807, 2.05) is 19.5 Å². The highest BCUT2D eigenvalue weighted by molar-refractivity contribution is 6.29. The highest BCUT2D eigenvalue weighted by Gasteiger charge is 2.01. The molecule has 0 aromatic heterocycles. The maximum atomic E-state index is 11.0. The SMILES string of the molecule is CCCC=C(C)C(=O)O[SiH2]C. The molecule has 0 saturated heterocycles. The van der Waals surface area contributed by atoms with Crippen molar-refractivity contribution in [3.8, 4) is 0 Å². The van der Waals surface area contributed by atoms with Crippen molar-refractivity contribution in [3.63, 3.8) is 0 Å². The van der Waals surface area contributed by atoms with Crippen molar-refractivity contribution in [2.24, 2.45) is 0 Å². The van der Waals surface area contributed by atoms with Gasteiger partial charge in [0.2, 0.25) is 9.76 Å². The number of unbranched alkanes of at least 4 members (excludes halogenated alkanes) is 1. The van der Waals surface area contributed by atoms with Gasteiger partial charge in [-0.25, -0.2) is 4.79 Å². The Bertz CT molecular complexity index is 152. The lowest BCUT2D eigenvalue weighted by atomic mass is 10.2. The van der Waals surface area contributed by atoms with Crippen LogP contribution in [-0.2, 0) is 9.22 Å². The Kier molecular flexibility index (Phi) is 5.84. The van der Waals surface area contributed by atoms with Gasteiger partial charge in [-0.05, 0) is 19.9 Å². The number of allylic oxidation sites excluding steroid dienone is 1. The van der Waals surface area contributed by atoms with Crippen molar-refractivity contribution in [1.82, 2.24) is 0 Å². The van der Waals surface area contributed by atoms with E-state index in [0.717, 1.165) is 18.4 Å². The summed E-state index contributed by atoms with van der Waals surface area (Å²) in [5.74, 6) is -0.132. The number of hydrogen-bond acceptors (Lipinski definition) is 2. The molecule has 0 amide bonds. The van der Waals surface area contributed by atoms with Crippen LogP contribution in [-0.4, -0.2) is 15.7 Å². The van der Waals surface area contributed by atoms with Gasteiger partial charge in [-0.2, -0.15) is 0 Å². The van der Waals surface area contributed by atoms with Crippen molar-refractivity contribution in [3.05, 3.63) is 11.6 Å². The Balaban J connectivity index is 3.80. The average Bonchev–Trinajstić information content (AvgIpc) is 2.00. The lowest BCUT2D eigenvalue weighted by Gasteiger charge is -2.00. The van der Waals surface area contributed by atoms with Gasteiger partial charge in [0.05, 0.1) is 0 Å². The second-order valence-corrected chi connectivity index (χ2v) is 3.26. The fourth-order valence-electron chi connectivity index (χ4n) is 0.689. The third-order valence-electron chi connectivity index (χ3n) is 1.34. The predicted octanol–water partition coefficient (Wildman–Crippen LogP) is 1.41. The third-order valence-corrected chi connectivity index (χ3v) is 1.89. The van der Waals surface area contributed by atoms with Crippen LogP contribution in [0.3, 0.4) is 0 Å². The van der Waals surface area contributed by atoms with E-state index in [-0.39, 0.29) is 5.97 Å². The van der Waals surface area contributed by atoms with E-state index in [2.05, 4.69) is 6.92 Å². The number of rotatable bonds is 4. The minimum absolute atomic E-state index is 0.132. The Labute approximate surface area is 70.6 Å². The van der Waals surface area contributed by atoms with E-state index in [4.69, 9.17) is 4.43 Å². The van der Waals surface area contributed by atoms with E-state index < -0.39 is 9.76 Å². The van der Waals surface area contributed by atoms with Crippen LogP contribution in [0.2, 0.25) is 6.55 Å². The van der Waals surface area contributed by atoms with E-state index in [0.29, 0.717) is 0 Å². The molecule has 0 radical (unpaired) electrons. The first-order valence-electron chi connectivity index (χ1n) is 4.06. The molecule has 0 spiro atoms. The van der Waals surface area contributed by atoms with Crippen LogP contribution in [0, 0.1) is 0 Å². The summed E-state index contributed by atoms with van der Waals surface area (Å²) in [6.45, 7) is 5.84. The highest BCUT2D eigenvalue weighted by Crippen LogP contribution is 1.99. The lowest BCUT2D eigenvalue weighted by molar-refractivity contribution is -0.130. The molecule has 0 N–H and O–H groups in total. The molecule has 64 valence electrons. The van der Waals surface area contributed by atoms with Crippen molar-refractivity contribution in [1.29, 1.82) is 0 Å². The zero-order valence-corrected chi connectivity index (χ0v) is 8.93. The van der Waals surface area contributed by atoms with E-state index >= 15 is 0 Å². The summed E-state index contributed by atoms with van der Waals surface area (Å²) >= 11 is 0. The summed E-state index contributed by atoms with van der Waals surface area (Å²) in [4.78, 5) is 11.0. The normalized spacial score (nSPS) is 12.5. The quantitative estimate of drug-likeness (QED) is 0.473. The Hall–Kier alpha value is -0.573. The summed E-state index contributed by atoms with van der Waals surface area (Å²) < 4.78 is 4.93. The molecule has 3 heteroatoms. The van der Waals surface area contributed by atoms with Gasteiger partial charge in [-0.3, -0.25) is 0 Å². The van der Waals surface area contributed by atoms with Crippen LogP contribution in [0.1, 0.15) is 26.7 Å². The van der Waals surface area contributed by atoms with Crippen molar-refractivity contribution in [2.75, 3.05) is 0 Å². The van der Waals surface area contributed by atoms with Crippen LogP contribution < -0.4 is 0 Å². The predicted molar refractivity (Wildman–Crippen MR) is 49.2 cm³/mol. The standard InChI is InChI=1S/C8H16O2Si/c1-4-5-6-7(2)8(9)10-11-3/h6H,4-5,11H2,1-3H3. The van der Waals surface area contributed by atoms with Crippen molar-refractivity contribution in [2.45, 2.75) is 33.2 Å². The first-order valence-corrected chi connectivity index (χ1v) is 6.05. The number of hydrogen-bond donors (Lipinski definition) is 0. The summed E-state index contributed by atoms with van der Waals surface area (Å²) in [7, 11) is -0.590.